The standard InChI is InChI=1S/C29H35N3O3S/c1-22-16-23(2)18-28(17-22)32(36(3,34)35)21-26-10-12-27(13-11-26)29(33)30-19-24-6-8-25(9-7-24)20-31-14-4-5-15-31/h6-13,16-18H,4-5,14-15,19-21H2,1-3H3,(H,30,33). The molecule has 3 aromatic rings. The Morgan fingerprint density at radius 1 is 0.861 bits per heavy atom. The molecule has 7 heteroatoms. The molecule has 1 fully saturated rings. The van der Waals surface area contributed by atoms with Crippen molar-refractivity contribution in [3.63, 3.8) is 0 Å². The number of likely N-dealkylation sites (tertiary alicyclic amines) is 1. The second-order valence-electron chi connectivity index (χ2n) is 9.79. The van der Waals surface area contributed by atoms with Gasteiger partial charge in [-0.3, -0.25) is 14.0 Å². The van der Waals surface area contributed by atoms with Gasteiger partial charge >= 0.3 is 0 Å². The summed E-state index contributed by atoms with van der Waals surface area (Å²) in [6.45, 7) is 7.90. The Bertz CT molecular complexity index is 1280. The molecule has 36 heavy (non-hydrogen) atoms. The topological polar surface area (TPSA) is 69.7 Å². The number of aryl methyl sites for hydroxylation is 2. The molecule has 0 unspecified atom stereocenters. The minimum absolute atomic E-state index is 0.156. The van der Waals surface area contributed by atoms with Gasteiger partial charge in [-0.25, -0.2) is 8.42 Å². The number of nitrogens with one attached hydrogen (secondary N) is 1. The summed E-state index contributed by atoms with van der Waals surface area (Å²) in [7, 11) is -3.47. The first-order chi connectivity index (χ1) is 17.2. The number of carbonyl (C=O) groups is 1. The van der Waals surface area contributed by atoms with Crippen LogP contribution in [0.2, 0.25) is 0 Å². The molecule has 0 radical (unpaired) electrons. The van der Waals surface area contributed by atoms with E-state index in [1.807, 2.05) is 44.2 Å². The summed E-state index contributed by atoms with van der Waals surface area (Å²) >= 11 is 0. The van der Waals surface area contributed by atoms with Crippen molar-refractivity contribution in [3.05, 3.63) is 100 Å². The Morgan fingerprint density at radius 3 is 2.00 bits per heavy atom. The number of sulfonamides is 1. The molecule has 1 aliphatic rings. The molecule has 1 N–H and O–H groups in total. The van der Waals surface area contributed by atoms with Crippen molar-refractivity contribution >= 4 is 21.6 Å². The maximum atomic E-state index is 12.7. The van der Waals surface area contributed by atoms with E-state index in [2.05, 4.69) is 34.5 Å². The van der Waals surface area contributed by atoms with Gasteiger partial charge in [0.25, 0.3) is 5.91 Å². The van der Waals surface area contributed by atoms with Crippen LogP contribution in [0.25, 0.3) is 0 Å². The fourth-order valence-corrected chi connectivity index (χ4v) is 5.54. The van der Waals surface area contributed by atoms with E-state index in [-0.39, 0.29) is 12.5 Å². The van der Waals surface area contributed by atoms with Crippen LogP contribution in [-0.4, -0.2) is 38.6 Å². The van der Waals surface area contributed by atoms with Gasteiger partial charge in [-0.05, 0) is 91.9 Å². The van der Waals surface area contributed by atoms with E-state index in [1.54, 1.807) is 12.1 Å². The Labute approximate surface area is 215 Å². The van der Waals surface area contributed by atoms with Crippen LogP contribution in [0.5, 0.6) is 0 Å². The number of anilines is 1. The van der Waals surface area contributed by atoms with Crippen LogP contribution < -0.4 is 9.62 Å². The van der Waals surface area contributed by atoms with Gasteiger partial charge in [0, 0.05) is 18.7 Å². The molecule has 0 saturated carbocycles. The molecule has 3 aromatic carbocycles. The quantitative estimate of drug-likeness (QED) is 0.454. The van der Waals surface area contributed by atoms with Crippen molar-refractivity contribution < 1.29 is 13.2 Å². The Hall–Kier alpha value is -3.16. The first kappa shape index (κ1) is 25.9. The number of carbonyl (C=O) groups excluding carboxylic acids is 1. The molecule has 1 amide bonds. The van der Waals surface area contributed by atoms with Crippen LogP contribution in [0.3, 0.4) is 0 Å². The van der Waals surface area contributed by atoms with E-state index >= 15 is 0 Å². The minimum atomic E-state index is -3.47. The largest absolute Gasteiger partial charge is 0.348 e. The van der Waals surface area contributed by atoms with E-state index in [9.17, 15) is 13.2 Å². The van der Waals surface area contributed by atoms with Crippen LogP contribution in [-0.2, 0) is 29.7 Å². The molecule has 0 aliphatic carbocycles. The molecule has 4 rings (SSSR count). The predicted octanol–water partition coefficient (Wildman–Crippen LogP) is 4.80. The zero-order chi connectivity index (χ0) is 25.7. The van der Waals surface area contributed by atoms with Gasteiger partial charge in [-0.15, -0.1) is 0 Å². The SMILES string of the molecule is Cc1cc(C)cc(N(Cc2ccc(C(=O)NCc3ccc(CN4CCCC4)cc3)cc2)S(C)(=O)=O)c1. The summed E-state index contributed by atoms with van der Waals surface area (Å²) in [6, 6.07) is 21.3. The third kappa shape index (κ3) is 6.95. The van der Waals surface area contributed by atoms with Crippen molar-refractivity contribution in [3.8, 4) is 0 Å². The monoisotopic (exact) mass is 505 g/mol. The highest BCUT2D eigenvalue weighted by Crippen LogP contribution is 2.24. The first-order valence-corrected chi connectivity index (χ1v) is 14.3. The van der Waals surface area contributed by atoms with E-state index in [4.69, 9.17) is 0 Å². The Morgan fingerprint density at radius 2 is 1.42 bits per heavy atom. The number of hydrogen-bond donors (Lipinski definition) is 1. The van der Waals surface area contributed by atoms with E-state index < -0.39 is 10.0 Å². The summed E-state index contributed by atoms with van der Waals surface area (Å²) in [4.78, 5) is 15.1. The van der Waals surface area contributed by atoms with Gasteiger partial charge in [0.05, 0.1) is 18.5 Å². The molecule has 0 bridgehead atoms. The molecular weight excluding hydrogens is 470 g/mol. The third-order valence-electron chi connectivity index (χ3n) is 6.52. The van der Waals surface area contributed by atoms with Crippen LogP contribution in [0.1, 0.15) is 51.0 Å². The van der Waals surface area contributed by atoms with Crippen LogP contribution in [0, 0.1) is 13.8 Å². The molecule has 6 nitrogen and oxygen atoms in total. The van der Waals surface area contributed by atoms with Crippen LogP contribution in [0.15, 0.2) is 66.7 Å². The second-order valence-corrected chi connectivity index (χ2v) is 11.7. The fraction of sp³-hybridized carbons (Fsp3) is 0.345. The third-order valence-corrected chi connectivity index (χ3v) is 7.66. The van der Waals surface area contributed by atoms with Gasteiger partial charge in [-0.1, -0.05) is 42.5 Å². The van der Waals surface area contributed by atoms with Gasteiger partial charge < -0.3 is 5.32 Å². The molecule has 1 aliphatic heterocycles. The lowest BCUT2D eigenvalue weighted by Crippen LogP contribution is -2.29. The number of amides is 1. The summed E-state index contributed by atoms with van der Waals surface area (Å²) in [6.07, 6.45) is 3.78. The zero-order valence-corrected chi connectivity index (χ0v) is 22.1. The van der Waals surface area contributed by atoms with E-state index in [1.165, 1.54) is 42.1 Å². The van der Waals surface area contributed by atoms with Crippen molar-refractivity contribution in [1.82, 2.24) is 10.2 Å². The number of rotatable bonds is 9. The lowest BCUT2D eigenvalue weighted by atomic mass is 10.1. The maximum Gasteiger partial charge on any atom is 0.251 e. The number of nitrogens with zero attached hydrogens (tertiary/aromatic N) is 2. The summed E-state index contributed by atoms with van der Waals surface area (Å²) in [5.41, 5.74) is 6.36. The fourth-order valence-electron chi connectivity index (χ4n) is 4.67. The molecule has 1 heterocycles. The Kier molecular flexibility index (Phi) is 8.11. The van der Waals surface area contributed by atoms with E-state index in [0.717, 1.165) is 28.8 Å². The van der Waals surface area contributed by atoms with Crippen molar-refractivity contribution in [2.24, 2.45) is 0 Å². The summed E-state index contributed by atoms with van der Waals surface area (Å²) < 4.78 is 26.4. The van der Waals surface area contributed by atoms with Gasteiger partial charge in [-0.2, -0.15) is 0 Å². The molecule has 0 aromatic heterocycles. The average Bonchev–Trinajstić information content (AvgIpc) is 3.34. The van der Waals surface area contributed by atoms with Crippen LogP contribution in [0.4, 0.5) is 5.69 Å². The summed E-state index contributed by atoms with van der Waals surface area (Å²) in [5, 5.41) is 2.97. The number of hydrogen-bond acceptors (Lipinski definition) is 4. The molecule has 0 spiro atoms. The highest BCUT2D eigenvalue weighted by Gasteiger charge is 2.19. The van der Waals surface area contributed by atoms with E-state index in [0.29, 0.717) is 17.8 Å². The average molecular weight is 506 g/mol. The minimum Gasteiger partial charge on any atom is -0.348 e. The zero-order valence-electron chi connectivity index (χ0n) is 21.3. The molecule has 190 valence electrons. The molecule has 1 saturated heterocycles. The lowest BCUT2D eigenvalue weighted by Gasteiger charge is -2.23. The first-order valence-electron chi connectivity index (χ1n) is 12.4. The predicted molar refractivity (Wildman–Crippen MR) is 146 cm³/mol. The van der Waals surface area contributed by atoms with Crippen molar-refractivity contribution in [1.29, 1.82) is 0 Å². The normalized spacial score (nSPS) is 14.1. The second kappa shape index (κ2) is 11.3. The van der Waals surface area contributed by atoms with Crippen molar-refractivity contribution in [2.45, 2.75) is 46.3 Å². The number of benzene rings is 3. The highest BCUT2D eigenvalue weighted by molar-refractivity contribution is 7.92. The smallest absolute Gasteiger partial charge is 0.251 e. The Balaban J connectivity index is 1.35. The highest BCUT2D eigenvalue weighted by atomic mass is 32.2. The van der Waals surface area contributed by atoms with Crippen molar-refractivity contribution in [2.75, 3.05) is 23.7 Å². The summed E-state index contributed by atoms with van der Waals surface area (Å²) in [5.74, 6) is -0.156. The molecular formula is C29H35N3O3S. The maximum absolute atomic E-state index is 12.7. The van der Waals surface area contributed by atoms with Gasteiger partial charge in [0.2, 0.25) is 10.0 Å². The van der Waals surface area contributed by atoms with Gasteiger partial charge in [0.1, 0.15) is 0 Å². The lowest BCUT2D eigenvalue weighted by molar-refractivity contribution is 0.0951. The molecule has 0 atom stereocenters. The van der Waals surface area contributed by atoms with Crippen LogP contribution >= 0.6 is 0 Å². The van der Waals surface area contributed by atoms with Gasteiger partial charge in [0.15, 0.2) is 0 Å².